The van der Waals surface area contributed by atoms with Gasteiger partial charge >= 0.3 is 5.82 Å². The van der Waals surface area contributed by atoms with Crippen LogP contribution in [0.1, 0.15) is 5.56 Å². The van der Waals surface area contributed by atoms with E-state index < -0.39 is 9.85 Å². The van der Waals surface area contributed by atoms with Gasteiger partial charge in [-0.05, 0) is 11.0 Å². The zero-order chi connectivity index (χ0) is 14.7. The van der Waals surface area contributed by atoms with Crippen molar-refractivity contribution in [2.45, 2.75) is 6.54 Å². The van der Waals surface area contributed by atoms with Crippen LogP contribution in [-0.2, 0) is 6.54 Å². The predicted molar refractivity (Wildman–Crippen MR) is 68.9 cm³/mol. The van der Waals surface area contributed by atoms with Gasteiger partial charge in [0.15, 0.2) is 0 Å². The second kappa shape index (κ2) is 5.32. The summed E-state index contributed by atoms with van der Waals surface area (Å²) in [6.07, 6.45) is 1.41. The molecule has 1 aromatic carbocycles. The fourth-order valence-corrected chi connectivity index (χ4v) is 1.68. The molecule has 1 heterocycles. The van der Waals surface area contributed by atoms with E-state index in [1.54, 1.807) is 0 Å². The Labute approximate surface area is 112 Å². The first-order valence-corrected chi connectivity index (χ1v) is 5.43. The number of nitrogens with one attached hydrogen (secondary N) is 1. The van der Waals surface area contributed by atoms with Crippen LogP contribution < -0.4 is 11.3 Å². The van der Waals surface area contributed by atoms with Gasteiger partial charge in [0.25, 0.3) is 5.69 Å². The van der Waals surface area contributed by atoms with Crippen LogP contribution in [0.2, 0.25) is 0 Å². The zero-order valence-electron chi connectivity index (χ0n) is 10.1. The molecule has 10 heteroatoms. The molecule has 0 saturated heterocycles. The van der Waals surface area contributed by atoms with E-state index in [-0.39, 0.29) is 18.1 Å². The van der Waals surface area contributed by atoms with Gasteiger partial charge < -0.3 is 15.5 Å². The minimum absolute atomic E-state index is 0.0966. The van der Waals surface area contributed by atoms with E-state index in [0.29, 0.717) is 11.3 Å². The predicted octanol–water partition coefficient (Wildman–Crippen LogP) is 1.03. The zero-order valence-corrected chi connectivity index (χ0v) is 10.1. The number of nitrogens with zero attached hydrogens (tertiary/aromatic N) is 4. The Bertz CT molecular complexity index is 668. The SMILES string of the molecule is NNc1ccc([N+](=O)[O-])cc1Cn1ccc([N+](=O)[O-])n1. The molecule has 20 heavy (non-hydrogen) atoms. The van der Waals surface area contributed by atoms with Gasteiger partial charge in [-0.1, -0.05) is 0 Å². The molecule has 0 radical (unpaired) electrons. The van der Waals surface area contributed by atoms with Gasteiger partial charge in [0.05, 0.1) is 34.5 Å². The standard InChI is InChI=1S/C10H10N6O4/c11-12-9-2-1-8(15(17)18)5-7(9)6-14-4-3-10(13-14)16(19)20/h1-5,12H,6,11H2. The molecule has 1 aromatic heterocycles. The van der Waals surface area contributed by atoms with Gasteiger partial charge in [0.1, 0.15) is 0 Å². The van der Waals surface area contributed by atoms with Gasteiger partial charge in [-0.2, -0.15) is 4.68 Å². The second-order valence-electron chi connectivity index (χ2n) is 3.87. The minimum Gasteiger partial charge on any atom is -0.358 e. The molecule has 0 unspecified atom stereocenters. The molecule has 0 atom stereocenters. The van der Waals surface area contributed by atoms with Crippen LogP contribution in [0.5, 0.6) is 0 Å². The molecule has 3 N–H and O–H groups in total. The van der Waals surface area contributed by atoms with Gasteiger partial charge in [0, 0.05) is 17.7 Å². The van der Waals surface area contributed by atoms with E-state index in [2.05, 4.69) is 10.5 Å². The van der Waals surface area contributed by atoms with Crippen molar-refractivity contribution in [2.24, 2.45) is 5.84 Å². The van der Waals surface area contributed by atoms with Crippen molar-refractivity contribution in [3.63, 3.8) is 0 Å². The lowest BCUT2D eigenvalue weighted by Crippen LogP contribution is -2.11. The third-order valence-corrected chi connectivity index (χ3v) is 2.60. The summed E-state index contributed by atoms with van der Waals surface area (Å²) in [6, 6.07) is 5.35. The van der Waals surface area contributed by atoms with Crippen molar-refractivity contribution < 1.29 is 9.85 Å². The molecule has 0 aliphatic rings. The van der Waals surface area contributed by atoms with Crippen LogP contribution in [0.25, 0.3) is 0 Å². The van der Waals surface area contributed by atoms with Crippen molar-refractivity contribution in [1.29, 1.82) is 0 Å². The molecule has 104 valence electrons. The third kappa shape index (κ3) is 2.70. The molecular formula is C10H10N6O4. The highest BCUT2D eigenvalue weighted by Crippen LogP contribution is 2.22. The molecule has 0 amide bonds. The summed E-state index contributed by atoms with van der Waals surface area (Å²) < 4.78 is 1.30. The average molecular weight is 278 g/mol. The molecule has 0 aliphatic heterocycles. The maximum absolute atomic E-state index is 10.7. The Morgan fingerprint density at radius 1 is 1.25 bits per heavy atom. The first-order valence-electron chi connectivity index (χ1n) is 5.43. The maximum atomic E-state index is 10.7. The van der Waals surface area contributed by atoms with E-state index in [1.807, 2.05) is 0 Å². The lowest BCUT2D eigenvalue weighted by atomic mass is 10.1. The summed E-state index contributed by atoms with van der Waals surface area (Å²) in [5, 5.41) is 25.0. The number of nitro groups is 2. The lowest BCUT2D eigenvalue weighted by molar-refractivity contribution is -0.389. The van der Waals surface area contributed by atoms with Crippen molar-refractivity contribution >= 4 is 17.2 Å². The fourth-order valence-electron chi connectivity index (χ4n) is 1.68. The van der Waals surface area contributed by atoms with Crippen LogP contribution in [0.3, 0.4) is 0 Å². The Balaban J connectivity index is 2.32. The maximum Gasteiger partial charge on any atom is 0.389 e. The molecule has 0 saturated carbocycles. The Morgan fingerprint density at radius 3 is 2.55 bits per heavy atom. The van der Waals surface area contributed by atoms with Crippen LogP contribution in [0, 0.1) is 20.2 Å². The normalized spacial score (nSPS) is 10.2. The summed E-state index contributed by atoms with van der Waals surface area (Å²) in [6.45, 7) is 0.120. The number of hydrogen-bond donors (Lipinski definition) is 2. The Kier molecular flexibility index (Phi) is 3.57. The van der Waals surface area contributed by atoms with E-state index in [1.165, 1.54) is 35.1 Å². The highest BCUT2D eigenvalue weighted by molar-refractivity contribution is 5.55. The van der Waals surface area contributed by atoms with Gasteiger partial charge in [-0.25, -0.2) is 0 Å². The van der Waals surface area contributed by atoms with Crippen LogP contribution >= 0.6 is 0 Å². The molecule has 2 aromatic rings. The van der Waals surface area contributed by atoms with Gasteiger partial charge in [0.2, 0.25) is 0 Å². The highest BCUT2D eigenvalue weighted by atomic mass is 16.6. The Hall–Kier alpha value is -3.01. The van der Waals surface area contributed by atoms with Crippen molar-refractivity contribution in [1.82, 2.24) is 9.78 Å². The number of aromatic nitrogens is 2. The molecule has 0 aliphatic carbocycles. The number of nitrogens with two attached hydrogens (primary N) is 1. The summed E-state index contributed by atoms with van der Waals surface area (Å²) in [4.78, 5) is 20.1. The lowest BCUT2D eigenvalue weighted by Gasteiger charge is -2.07. The molecule has 0 spiro atoms. The smallest absolute Gasteiger partial charge is 0.358 e. The van der Waals surface area contributed by atoms with E-state index >= 15 is 0 Å². The number of non-ortho nitro benzene ring substituents is 1. The number of anilines is 1. The van der Waals surface area contributed by atoms with Crippen LogP contribution in [0.4, 0.5) is 17.2 Å². The van der Waals surface area contributed by atoms with Gasteiger partial charge in [-0.15, -0.1) is 0 Å². The summed E-state index contributed by atoms with van der Waals surface area (Å²) >= 11 is 0. The molecule has 10 nitrogen and oxygen atoms in total. The van der Waals surface area contributed by atoms with Crippen molar-refractivity contribution in [3.8, 4) is 0 Å². The molecular weight excluding hydrogens is 268 g/mol. The summed E-state index contributed by atoms with van der Waals surface area (Å²) in [5.41, 5.74) is 3.30. The second-order valence-corrected chi connectivity index (χ2v) is 3.87. The number of hydrogen-bond acceptors (Lipinski definition) is 7. The monoisotopic (exact) mass is 278 g/mol. The summed E-state index contributed by atoms with van der Waals surface area (Å²) in [5.74, 6) is 5.03. The molecule has 0 bridgehead atoms. The topological polar surface area (TPSA) is 142 Å². The highest BCUT2D eigenvalue weighted by Gasteiger charge is 2.15. The quantitative estimate of drug-likeness (QED) is 0.472. The third-order valence-electron chi connectivity index (χ3n) is 2.60. The first kappa shape index (κ1) is 13.4. The number of nitro benzene ring substituents is 1. The van der Waals surface area contributed by atoms with Crippen LogP contribution in [0.15, 0.2) is 30.5 Å². The molecule has 0 fully saturated rings. The fraction of sp³-hybridized carbons (Fsp3) is 0.100. The van der Waals surface area contributed by atoms with Crippen molar-refractivity contribution in [2.75, 3.05) is 5.43 Å². The summed E-state index contributed by atoms with van der Waals surface area (Å²) in [7, 11) is 0. The number of rotatable bonds is 5. The van der Waals surface area contributed by atoms with Gasteiger partial charge in [-0.3, -0.25) is 16.0 Å². The van der Waals surface area contributed by atoms with E-state index in [0.717, 1.165) is 0 Å². The molecule has 2 rings (SSSR count). The first-order chi connectivity index (χ1) is 9.51. The number of nitrogen functional groups attached to an aromatic ring is 1. The largest absolute Gasteiger partial charge is 0.389 e. The van der Waals surface area contributed by atoms with Crippen LogP contribution in [-0.4, -0.2) is 19.6 Å². The minimum atomic E-state index is -0.619. The Morgan fingerprint density at radius 2 is 2.00 bits per heavy atom. The number of hydrazine groups is 1. The van der Waals surface area contributed by atoms with E-state index in [9.17, 15) is 20.2 Å². The van der Waals surface area contributed by atoms with E-state index in [4.69, 9.17) is 5.84 Å². The average Bonchev–Trinajstić information content (AvgIpc) is 2.87. The number of benzene rings is 1. The van der Waals surface area contributed by atoms with Crippen molar-refractivity contribution in [3.05, 3.63) is 56.3 Å².